The maximum absolute atomic E-state index is 13.9. The van der Waals surface area contributed by atoms with Crippen molar-refractivity contribution in [3.8, 4) is 0 Å². The van der Waals surface area contributed by atoms with Crippen LogP contribution in [0.2, 0.25) is 0 Å². The van der Waals surface area contributed by atoms with E-state index < -0.39 is 0 Å². The lowest BCUT2D eigenvalue weighted by molar-refractivity contribution is -0.145. The Hall–Kier alpha value is -2.85. The fraction of sp³-hybridized carbons (Fsp3) is 0.469. The summed E-state index contributed by atoms with van der Waals surface area (Å²) >= 11 is 0. The van der Waals surface area contributed by atoms with Crippen LogP contribution in [0, 0.1) is 18.8 Å². The molecule has 7 rings (SSSR count). The first-order valence-corrected chi connectivity index (χ1v) is 14.0. The Morgan fingerprint density at radius 1 is 0.972 bits per heavy atom. The molecule has 36 heavy (non-hydrogen) atoms. The molecule has 0 saturated carbocycles. The molecular weight excluding hydrogens is 442 g/mol. The number of para-hydroxylation sites is 1. The first-order valence-electron chi connectivity index (χ1n) is 14.0. The van der Waals surface area contributed by atoms with Crippen molar-refractivity contribution in [1.82, 2.24) is 14.4 Å². The van der Waals surface area contributed by atoms with Crippen molar-refractivity contribution in [1.29, 1.82) is 0 Å². The van der Waals surface area contributed by atoms with Crippen LogP contribution in [0.25, 0.3) is 17.0 Å². The summed E-state index contributed by atoms with van der Waals surface area (Å²) in [7, 11) is 0. The molecular formula is C32H37N3O. The predicted molar refractivity (Wildman–Crippen MR) is 146 cm³/mol. The van der Waals surface area contributed by atoms with Crippen LogP contribution in [0.5, 0.6) is 0 Å². The zero-order chi connectivity index (χ0) is 24.2. The van der Waals surface area contributed by atoms with Gasteiger partial charge in [-0.1, -0.05) is 48.0 Å². The zero-order valence-corrected chi connectivity index (χ0v) is 21.4. The molecule has 4 heteroatoms. The number of rotatable bonds is 3. The number of nitrogens with zero attached hydrogens (tertiary/aromatic N) is 3. The Morgan fingerprint density at radius 2 is 1.78 bits per heavy atom. The van der Waals surface area contributed by atoms with Crippen molar-refractivity contribution < 1.29 is 4.79 Å². The molecule has 0 spiro atoms. The molecule has 2 aromatic carbocycles. The van der Waals surface area contributed by atoms with Crippen LogP contribution in [-0.4, -0.2) is 52.0 Å². The van der Waals surface area contributed by atoms with Crippen LogP contribution < -0.4 is 0 Å². The SMILES string of the molecule is Cc1ccc(Cn2cc(/C=C3\CC[C@@H]4[C@H]5CCCN6CCC[C@@H](CN4C3=O)[C@@H]56)c3ccccc32)cc1. The van der Waals surface area contributed by atoms with Gasteiger partial charge in [0.25, 0.3) is 0 Å². The highest BCUT2D eigenvalue weighted by molar-refractivity contribution is 6.01. The third-order valence-electron chi connectivity index (χ3n) is 9.54. The molecule has 0 unspecified atom stereocenters. The highest BCUT2D eigenvalue weighted by atomic mass is 16.2. The first-order chi connectivity index (χ1) is 17.7. The van der Waals surface area contributed by atoms with Crippen molar-refractivity contribution in [2.24, 2.45) is 11.8 Å². The minimum absolute atomic E-state index is 0.308. The van der Waals surface area contributed by atoms with E-state index in [-0.39, 0.29) is 0 Å². The van der Waals surface area contributed by atoms with Gasteiger partial charge >= 0.3 is 0 Å². The van der Waals surface area contributed by atoms with Gasteiger partial charge in [0, 0.05) is 53.4 Å². The van der Waals surface area contributed by atoms with E-state index in [9.17, 15) is 4.79 Å². The largest absolute Gasteiger partial charge is 0.342 e. The summed E-state index contributed by atoms with van der Waals surface area (Å²) in [5, 5.41) is 1.24. The van der Waals surface area contributed by atoms with E-state index in [1.54, 1.807) is 0 Å². The molecule has 3 aromatic rings. The Bertz CT molecular complexity index is 1320. The summed E-state index contributed by atoms with van der Waals surface area (Å²) < 4.78 is 2.34. The normalized spacial score (nSPS) is 29.4. The van der Waals surface area contributed by atoms with E-state index in [0.717, 1.165) is 37.5 Å². The number of aromatic nitrogens is 1. The second kappa shape index (κ2) is 8.92. The molecule has 186 valence electrons. The maximum Gasteiger partial charge on any atom is 0.250 e. The summed E-state index contributed by atoms with van der Waals surface area (Å²) in [4.78, 5) is 19.0. The summed E-state index contributed by atoms with van der Waals surface area (Å²) in [6.45, 7) is 6.49. The highest BCUT2D eigenvalue weighted by Crippen LogP contribution is 2.45. The van der Waals surface area contributed by atoms with Gasteiger partial charge in [0.15, 0.2) is 0 Å². The number of carbonyl (C=O) groups excluding carboxylic acids is 1. The van der Waals surface area contributed by atoms with Gasteiger partial charge in [-0.15, -0.1) is 0 Å². The van der Waals surface area contributed by atoms with Crippen LogP contribution >= 0.6 is 0 Å². The number of fused-ring (bicyclic) bond motifs is 3. The van der Waals surface area contributed by atoms with Gasteiger partial charge in [-0.25, -0.2) is 0 Å². The van der Waals surface area contributed by atoms with Crippen LogP contribution in [0.4, 0.5) is 0 Å². The van der Waals surface area contributed by atoms with Crippen molar-refractivity contribution in [3.63, 3.8) is 0 Å². The quantitative estimate of drug-likeness (QED) is 0.439. The fourth-order valence-electron chi connectivity index (χ4n) is 7.93. The third kappa shape index (κ3) is 3.73. The number of piperidine rings is 4. The van der Waals surface area contributed by atoms with Gasteiger partial charge in [0.2, 0.25) is 5.91 Å². The summed E-state index contributed by atoms with van der Waals surface area (Å²) in [6, 6.07) is 18.6. The number of carbonyl (C=O) groups is 1. The summed E-state index contributed by atoms with van der Waals surface area (Å²) in [6.07, 6.45) is 11.7. The minimum Gasteiger partial charge on any atom is -0.342 e. The molecule has 4 saturated heterocycles. The smallest absolute Gasteiger partial charge is 0.250 e. The van der Waals surface area contributed by atoms with E-state index in [2.05, 4.69) is 82.1 Å². The predicted octanol–water partition coefficient (Wildman–Crippen LogP) is 5.88. The zero-order valence-electron chi connectivity index (χ0n) is 21.4. The lowest BCUT2D eigenvalue weighted by Gasteiger charge is -2.58. The number of hydrogen-bond acceptors (Lipinski definition) is 2. The lowest BCUT2D eigenvalue weighted by Crippen LogP contribution is -2.66. The van der Waals surface area contributed by atoms with Crippen molar-refractivity contribution in [2.45, 2.75) is 64.1 Å². The van der Waals surface area contributed by atoms with E-state index in [4.69, 9.17) is 0 Å². The Kier molecular flexibility index (Phi) is 5.54. The average Bonchev–Trinajstić information content (AvgIpc) is 3.25. The topological polar surface area (TPSA) is 28.5 Å². The van der Waals surface area contributed by atoms with E-state index >= 15 is 0 Å². The second-order valence-corrected chi connectivity index (χ2v) is 11.7. The summed E-state index contributed by atoms with van der Waals surface area (Å²) in [5.41, 5.74) is 6.00. The van der Waals surface area contributed by atoms with E-state index in [1.807, 2.05) is 0 Å². The van der Waals surface area contributed by atoms with Gasteiger partial charge < -0.3 is 9.47 Å². The van der Waals surface area contributed by atoms with Gasteiger partial charge in [-0.05, 0) is 88.1 Å². The van der Waals surface area contributed by atoms with Crippen LogP contribution in [0.3, 0.4) is 0 Å². The van der Waals surface area contributed by atoms with E-state index in [1.165, 1.54) is 66.4 Å². The van der Waals surface area contributed by atoms with Crippen LogP contribution in [0.15, 0.2) is 60.3 Å². The number of amides is 1. The van der Waals surface area contributed by atoms with Gasteiger partial charge in [0.1, 0.15) is 0 Å². The van der Waals surface area contributed by atoms with Gasteiger partial charge in [0.05, 0.1) is 0 Å². The fourth-order valence-corrected chi connectivity index (χ4v) is 7.93. The molecule has 4 aliphatic heterocycles. The molecule has 0 aliphatic carbocycles. The third-order valence-corrected chi connectivity index (χ3v) is 9.54. The van der Waals surface area contributed by atoms with Gasteiger partial charge in [-0.2, -0.15) is 0 Å². The molecule has 0 radical (unpaired) electrons. The molecule has 1 amide bonds. The Labute approximate surface area is 214 Å². The van der Waals surface area contributed by atoms with Crippen LogP contribution in [-0.2, 0) is 11.3 Å². The van der Waals surface area contributed by atoms with Crippen molar-refractivity contribution in [3.05, 3.63) is 77.0 Å². The molecule has 4 nitrogen and oxygen atoms in total. The molecule has 0 N–H and O–H groups in total. The summed E-state index contributed by atoms with van der Waals surface area (Å²) in [5.74, 6) is 1.66. The molecule has 5 heterocycles. The lowest BCUT2D eigenvalue weighted by atomic mass is 9.67. The monoisotopic (exact) mass is 479 g/mol. The van der Waals surface area contributed by atoms with Gasteiger partial charge in [-0.3, -0.25) is 9.69 Å². The number of benzene rings is 2. The Morgan fingerprint density at radius 3 is 2.64 bits per heavy atom. The first kappa shape index (κ1) is 22.4. The molecule has 1 aromatic heterocycles. The van der Waals surface area contributed by atoms with Crippen LogP contribution in [0.1, 0.15) is 55.2 Å². The maximum atomic E-state index is 13.9. The average molecular weight is 480 g/mol. The second-order valence-electron chi connectivity index (χ2n) is 11.7. The highest BCUT2D eigenvalue weighted by Gasteiger charge is 2.51. The van der Waals surface area contributed by atoms with E-state index in [0.29, 0.717) is 23.8 Å². The Balaban J connectivity index is 1.19. The molecule has 4 fully saturated rings. The molecule has 4 aliphatic rings. The number of aryl methyl sites for hydroxylation is 1. The standard InChI is InChI=1S/C32H37N3O/c1-22-10-12-23(13-11-22)19-34-20-26(27-7-2-3-9-29(27)34)18-24-14-15-30-28-8-5-17-33-16-4-6-25(31(28)33)21-35(30)32(24)36/h2-3,7,9-13,18,20,25,28,30-31H,4-6,8,14-17,19,21H2,1H3/b24-18+/t25-,28+,30+,31-/m0/s1. The molecule has 4 atom stereocenters. The molecule has 0 bridgehead atoms. The van der Waals surface area contributed by atoms with Crippen molar-refractivity contribution >= 4 is 22.9 Å². The minimum atomic E-state index is 0.308. The van der Waals surface area contributed by atoms with Crippen molar-refractivity contribution in [2.75, 3.05) is 19.6 Å². The number of hydrogen-bond donors (Lipinski definition) is 0.